The van der Waals surface area contributed by atoms with Crippen LogP contribution in [-0.2, 0) is 9.53 Å². The molecule has 0 radical (unpaired) electrons. The molecule has 1 aliphatic heterocycles. The van der Waals surface area contributed by atoms with Crippen LogP contribution in [0.2, 0.25) is 0 Å². The van der Waals surface area contributed by atoms with Crippen LogP contribution in [0.1, 0.15) is 26.2 Å². The van der Waals surface area contributed by atoms with Gasteiger partial charge in [0, 0.05) is 19.5 Å². The smallest absolute Gasteiger partial charge is 0.222 e. The van der Waals surface area contributed by atoms with Crippen LogP contribution < -0.4 is 0 Å². The Hall–Kier alpha value is -0.610. The molecule has 1 atom stereocenters. The first kappa shape index (κ1) is 11.5. The lowest BCUT2D eigenvalue weighted by Gasteiger charge is -2.27. The van der Waals surface area contributed by atoms with Gasteiger partial charge < -0.3 is 14.7 Å². The van der Waals surface area contributed by atoms with Crippen molar-refractivity contribution in [3.8, 4) is 0 Å². The van der Waals surface area contributed by atoms with E-state index in [9.17, 15) is 9.90 Å². The molecule has 0 bridgehead atoms. The lowest BCUT2D eigenvalue weighted by Crippen LogP contribution is -2.40. The number of hydrogen-bond acceptors (Lipinski definition) is 3. The molecule has 82 valence electrons. The zero-order valence-corrected chi connectivity index (χ0v) is 8.74. The van der Waals surface area contributed by atoms with Crippen LogP contribution >= 0.6 is 0 Å². The molecule has 4 nitrogen and oxygen atoms in total. The summed E-state index contributed by atoms with van der Waals surface area (Å²) < 4.78 is 5.15. The SMILES string of the molecule is CC[C@@H](O)CCC(=O)N1CCOCC1. The molecule has 1 heterocycles. The van der Waals surface area contributed by atoms with Gasteiger partial charge >= 0.3 is 0 Å². The fourth-order valence-corrected chi connectivity index (χ4v) is 1.47. The van der Waals surface area contributed by atoms with E-state index in [1.54, 1.807) is 0 Å². The summed E-state index contributed by atoms with van der Waals surface area (Å²) >= 11 is 0. The normalized spacial score (nSPS) is 19.4. The average molecular weight is 201 g/mol. The highest BCUT2D eigenvalue weighted by Crippen LogP contribution is 2.06. The zero-order chi connectivity index (χ0) is 10.4. The molecular weight excluding hydrogens is 182 g/mol. The van der Waals surface area contributed by atoms with E-state index in [1.165, 1.54) is 0 Å². The standard InChI is InChI=1S/C10H19NO3/c1-2-9(12)3-4-10(13)11-5-7-14-8-6-11/h9,12H,2-8H2,1H3/t9-/m1/s1. The zero-order valence-electron chi connectivity index (χ0n) is 8.74. The van der Waals surface area contributed by atoms with Crippen molar-refractivity contribution in [3.63, 3.8) is 0 Å². The Kier molecular flexibility index (Phi) is 4.90. The van der Waals surface area contributed by atoms with Gasteiger partial charge in [-0.05, 0) is 12.8 Å². The molecule has 0 saturated carbocycles. The predicted octanol–water partition coefficient (Wildman–Crippen LogP) is 0.396. The number of ether oxygens (including phenoxy) is 1. The maximum atomic E-state index is 11.6. The summed E-state index contributed by atoms with van der Waals surface area (Å²) in [6.07, 6.45) is 1.41. The molecule has 0 unspecified atom stereocenters. The molecule has 0 aromatic carbocycles. The number of nitrogens with zero attached hydrogens (tertiary/aromatic N) is 1. The van der Waals surface area contributed by atoms with Gasteiger partial charge in [-0.15, -0.1) is 0 Å². The van der Waals surface area contributed by atoms with Gasteiger partial charge in [0.1, 0.15) is 0 Å². The Balaban J connectivity index is 2.19. The molecule has 1 N–H and O–H groups in total. The van der Waals surface area contributed by atoms with Crippen LogP contribution in [0.4, 0.5) is 0 Å². The molecule has 0 spiro atoms. The van der Waals surface area contributed by atoms with Crippen LogP contribution in [0.3, 0.4) is 0 Å². The molecule has 1 aliphatic rings. The molecular formula is C10H19NO3. The highest BCUT2D eigenvalue weighted by molar-refractivity contribution is 5.76. The van der Waals surface area contributed by atoms with Gasteiger partial charge in [0.15, 0.2) is 0 Å². The second kappa shape index (κ2) is 5.98. The van der Waals surface area contributed by atoms with E-state index in [4.69, 9.17) is 4.74 Å². The van der Waals surface area contributed by atoms with E-state index >= 15 is 0 Å². The van der Waals surface area contributed by atoms with Gasteiger partial charge in [-0.1, -0.05) is 6.92 Å². The van der Waals surface area contributed by atoms with Gasteiger partial charge in [-0.3, -0.25) is 4.79 Å². The monoisotopic (exact) mass is 201 g/mol. The minimum absolute atomic E-state index is 0.140. The van der Waals surface area contributed by atoms with E-state index in [-0.39, 0.29) is 12.0 Å². The number of aliphatic hydroxyl groups is 1. The van der Waals surface area contributed by atoms with E-state index < -0.39 is 0 Å². The Morgan fingerprint density at radius 3 is 2.71 bits per heavy atom. The lowest BCUT2D eigenvalue weighted by atomic mass is 10.1. The summed E-state index contributed by atoms with van der Waals surface area (Å²) in [4.78, 5) is 13.4. The number of morpholine rings is 1. The summed E-state index contributed by atoms with van der Waals surface area (Å²) in [7, 11) is 0. The van der Waals surface area contributed by atoms with E-state index in [2.05, 4.69) is 0 Å². The third-order valence-electron chi connectivity index (χ3n) is 2.53. The third kappa shape index (κ3) is 3.64. The fourth-order valence-electron chi connectivity index (χ4n) is 1.47. The summed E-state index contributed by atoms with van der Waals surface area (Å²) in [5.74, 6) is 0.140. The first-order chi connectivity index (χ1) is 6.74. The topological polar surface area (TPSA) is 49.8 Å². The van der Waals surface area contributed by atoms with Crippen molar-refractivity contribution in [2.45, 2.75) is 32.3 Å². The largest absolute Gasteiger partial charge is 0.393 e. The number of carbonyl (C=O) groups excluding carboxylic acids is 1. The second-order valence-electron chi connectivity index (χ2n) is 3.59. The van der Waals surface area contributed by atoms with Crippen molar-refractivity contribution in [1.29, 1.82) is 0 Å². The maximum Gasteiger partial charge on any atom is 0.222 e. The van der Waals surface area contributed by atoms with Crippen LogP contribution in [0, 0.1) is 0 Å². The molecule has 4 heteroatoms. The molecule has 1 amide bonds. The molecule has 0 aromatic rings. The number of rotatable bonds is 4. The highest BCUT2D eigenvalue weighted by Gasteiger charge is 2.17. The predicted molar refractivity (Wildman–Crippen MR) is 52.9 cm³/mol. The van der Waals surface area contributed by atoms with Gasteiger partial charge in [-0.25, -0.2) is 0 Å². The van der Waals surface area contributed by atoms with Crippen molar-refractivity contribution < 1.29 is 14.6 Å². The molecule has 14 heavy (non-hydrogen) atoms. The Labute approximate surface area is 84.8 Å². The van der Waals surface area contributed by atoms with Gasteiger partial charge in [0.2, 0.25) is 5.91 Å². The van der Waals surface area contributed by atoms with Crippen molar-refractivity contribution in [2.75, 3.05) is 26.3 Å². The maximum absolute atomic E-state index is 11.6. The Morgan fingerprint density at radius 1 is 1.50 bits per heavy atom. The third-order valence-corrected chi connectivity index (χ3v) is 2.53. The quantitative estimate of drug-likeness (QED) is 0.716. The summed E-state index contributed by atoms with van der Waals surface area (Å²) in [5.41, 5.74) is 0. The summed E-state index contributed by atoms with van der Waals surface area (Å²) in [6, 6.07) is 0. The highest BCUT2D eigenvalue weighted by atomic mass is 16.5. The average Bonchev–Trinajstić information content (AvgIpc) is 2.26. The minimum Gasteiger partial charge on any atom is -0.393 e. The first-order valence-electron chi connectivity index (χ1n) is 5.27. The Bertz CT molecular complexity index is 178. The van der Waals surface area contributed by atoms with Crippen LogP contribution in [0.5, 0.6) is 0 Å². The van der Waals surface area contributed by atoms with Crippen LogP contribution in [0.25, 0.3) is 0 Å². The van der Waals surface area contributed by atoms with Crippen LogP contribution in [0.15, 0.2) is 0 Å². The number of hydrogen-bond donors (Lipinski definition) is 1. The first-order valence-corrected chi connectivity index (χ1v) is 5.27. The van der Waals surface area contributed by atoms with Crippen LogP contribution in [-0.4, -0.2) is 48.3 Å². The van der Waals surface area contributed by atoms with Gasteiger partial charge in [0.05, 0.1) is 19.3 Å². The van der Waals surface area contributed by atoms with Gasteiger partial charge in [0.25, 0.3) is 0 Å². The van der Waals surface area contributed by atoms with Crippen molar-refractivity contribution in [1.82, 2.24) is 4.90 Å². The van der Waals surface area contributed by atoms with E-state index in [1.807, 2.05) is 11.8 Å². The van der Waals surface area contributed by atoms with E-state index in [0.29, 0.717) is 39.1 Å². The Morgan fingerprint density at radius 2 is 2.14 bits per heavy atom. The fraction of sp³-hybridized carbons (Fsp3) is 0.900. The molecule has 1 rings (SSSR count). The molecule has 0 aromatic heterocycles. The lowest BCUT2D eigenvalue weighted by molar-refractivity contribution is -0.135. The molecule has 1 fully saturated rings. The minimum atomic E-state index is -0.333. The summed E-state index contributed by atoms with van der Waals surface area (Å²) in [5, 5.41) is 9.31. The van der Waals surface area contributed by atoms with Crippen molar-refractivity contribution in [2.24, 2.45) is 0 Å². The number of aliphatic hydroxyl groups excluding tert-OH is 1. The van der Waals surface area contributed by atoms with Gasteiger partial charge in [-0.2, -0.15) is 0 Å². The van der Waals surface area contributed by atoms with Crippen molar-refractivity contribution >= 4 is 5.91 Å². The molecule has 0 aliphatic carbocycles. The summed E-state index contributed by atoms with van der Waals surface area (Å²) in [6.45, 7) is 4.59. The van der Waals surface area contributed by atoms with Crippen molar-refractivity contribution in [3.05, 3.63) is 0 Å². The van der Waals surface area contributed by atoms with E-state index in [0.717, 1.165) is 6.42 Å². The number of carbonyl (C=O) groups is 1. The number of amides is 1. The molecule has 1 saturated heterocycles. The second-order valence-corrected chi connectivity index (χ2v) is 3.59.